The van der Waals surface area contributed by atoms with Crippen LogP contribution < -0.4 is 23.7 Å². The molecule has 0 aromatic heterocycles. The highest BCUT2D eigenvalue weighted by atomic mass is 16.5. The molecule has 0 radical (unpaired) electrons. The third-order valence-corrected chi connectivity index (χ3v) is 4.09. The summed E-state index contributed by atoms with van der Waals surface area (Å²) in [5, 5.41) is 0. The molecule has 0 aliphatic rings. The minimum Gasteiger partial charge on any atom is -0.497 e. The topological polar surface area (TPSA) is 63.2 Å². The van der Waals surface area contributed by atoms with Crippen LogP contribution in [0.25, 0.3) is 11.6 Å². The van der Waals surface area contributed by atoms with Crippen molar-refractivity contribution in [2.75, 3.05) is 35.5 Å². The van der Waals surface area contributed by atoms with Crippen LogP contribution in [0.5, 0.6) is 28.7 Å². The molecule has 0 bridgehead atoms. The fraction of sp³-hybridized carbons (Fsp3) is 0.286. The van der Waals surface area contributed by atoms with E-state index in [1.165, 1.54) is 28.3 Å². The van der Waals surface area contributed by atoms with E-state index in [1.54, 1.807) is 50.6 Å². The van der Waals surface area contributed by atoms with Gasteiger partial charge in [0.05, 0.1) is 35.5 Å². The van der Waals surface area contributed by atoms with Gasteiger partial charge in [-0.25, -0.2) is 0 Å². The van der Waals surface area contributed by atoms with Crippen molar-refractivity contribution in [2.24, 2.45) is 0 Å². The lowest BCUT2D eigenvalue weighted by atomic mass is 9.98. The van der Waals surface area contributed by atoms with Crippen LogP contribution in [-0.4, -0.2) is 41.3 Å². The van der Waals surface area contributed by atoms with Crippen LogP contribution in [0.1, 0.15) is 18.1 Å². The smallest absolute Gasteiger partial charge is 0.203 e. The largest absolute Gasteiger partial charge is 0.497 e. The Kier molecular flexibility index (Phi) is 6.71. The molecule has 0 amide bonds. The number of hydrogen-bond donors (Lipinski definition) is 0. The van der Waals surface area contributed by atoms with Crippen LogP contribution in [0.15, 0.2) is 30.3 Å². The van der Waals surface area contributed by atoms with E-state index >= 15 is 0 Å². The fourth-order valence-corrected chi connectivity index (χ4v) is 2.73. The lowest BCUT2D eigenvalue weighted by Gasteiger charge is -2.15. The summed E-state index contributed by atoms with van der Waals surface area (Å²) in [4.78, 5) is 12.4. The van der Waals surface area contributed by atoms with Gasteiger partial charge in [-0.1, -0.05) is 0 Å². The third kappa shape index (κ3) is 4.34. The number of ketones is 1. The van der Waals surface area contributed by atoms with E-state index < -0.39 is 0 Å². The number of Topliss-reactive ketones (excluding diaryl/α,β-unsaturated/α-hetero) is 1. The molecule has 0 spiro atoms. The van der Waals surface area contributed by atoms with Crippen molar-refractivity contribution in [3.63, 3.8) is 0 Å². The maximum Gasteiger partial charge on any atom is 0.203 e. The second kappa shape index (κ2) is 8.98. The quantitative estimate of drug-likeness (QED) is 0.518. The maximum atomic E-state index is 12.4. The molecule has 0 aliphatic carbocycles. The van der Waals surface area contributed by atoms with Crippen LogP contribution in [0.2, 0.25) is 0 Å². The van der Waals surface area contributed by atoms with Gasteiger partial charge in [-0.15, -0.1) is 0 Å². The van der Waals surface area contributed by atoms with Crippen molar-refractivity contribution >= 4 is 17.4 Å². The zero-order chi connectivity index (χ0) is 20.0. The first-order valence-electron chi connectivity index (χ1n) is 8.24. The van der Waals surface area contributed by atoms with Crippen LogP contribution in [0.3, 0.4) is 0 Å². The Hall–Kier alpha value is -3.15. The van der Waals surface area contributed by atoms with Gasteiger partial charge in [0.1, 0.15) is 11.5 Å². The minimum absolute atomic E-state index is 0.117. The highest BCUT2D eigenvalue weighted by Gasteiger charge is 2.18. The summed E-state index contributed by atoms with van der Waals surface area (Å²) in [5.41, 5.74) is 1.83. The number of methoxy groups -OCH3 is 5. The molecular weight excluding hydrogens is 348 g/mol. The van der Waals surface area contributed by atoms with Gasteiger partial charge >= 0.3 is 0 Å². The van der Waals surface area contributed by atoms with Crippen LogP contribution in [-0.2, 0) is 4.79 Å². The van der Waals surface area contributed by atoms with Crippen molar-refractivity contribution in [3.05, 3.63) is 41.5 Å². The number of rotatable bonds is 8. The molecule has 27 heavy (non-hydrogen) atoms. The molecule has 0 N–H and O–H groups in total. The number of benzene rings is 2. The summed E-state index contributed by atoms with van der Waals surface area (Å²) in [6.45, 7) is 1.50. The number of carbonyl (C=O) groups is 1. The monoisotopic (exact) mass is 372 g/mol. The maximum absolute atomic E-state index is 12.4. The Morgan fingerprint density at radius 1 is 0.778 bits per heavy atom. The second-order valence-corrected chi connectivity index (χ2v) is 5.64. The van der Waals surface area contributed by atoms with E-state index in [1.807, 2.05) is 0 Å². The van der Waals surface area contributed by atoms with Gasteiger partial charge in [-0.05, 0) is 48.9 Å². The molecule has 0 heterocycles. The van der Waals surface area contributed by atoms with E-state index in [0.29, 0.717) is 39.9 Å². The van der Waals surface area contributed by atoms with Crippen molar-refractivity contribution in [1.29, 1.82) is 0 Å². The molecule has 0 atom stereocenters. The summed E-state index contributed by atoms with van der Waals surface area (Å²) in [6.07, 6.45) is 1.75. The number of ether oxygens (including phenoxy) is 5. The van der Waals surface area contributed by atoms with Gasteiger partial charge in [-0.2, -0.15) is 0 Å². The Morgan fingerprint density at radius 3 is 1.81 bits per heavy atom. The molecule has 144 valence electrons. The Labute approximate surface area is 159 Å². The van der Waals surface area contributed by atoms with Gasteiger partial charge < -0.3 is 23.7 Å². The standard InChI is InChI=1S/C21H24O6/c1-13(22)17(10-15-9-16(23-2)7-8-18(15)24-3)14-11-19(25-4)21(27-6)20(12-14)26-5/h7-12H,1-6H3/b17-10-. The van der Waals surface area contributed by atoms with Gasteiger partial charge in [0.2, 0.25) is 5.75 Å². The molecule has 6 heteroatoms. The van der Waals surface area contributed by atoms with Gasteiger partial charge in [0.15, 0.2) is 17.3 Å². The van der Waals surface area contributed by atoms with E-state index in [0.717, 1.165) is 5.56 Å². The Bertz CT molecular complexity index is 829. The molecule has 0 fully saturated rings. The number of hydrogen-bond acceptors (Lipinski definition) is 6. The average molecular weight is 372 g/mol. The van der Waals surface area contributed by atoms with Crippen LogP contribution in [0, 0.1) is 0 Å². The molecule has 2 aromatic carbocycles. The van der Waals surface area contributed by atoms with E-state index in [-0.39, 0.29) is 5.78 Å². The first kappa shape index (κ1) is 20.2. The summed E-state index contributed by atoms with van der Waals surface area (Å²) in [7, 11) is 7.75. The van der Waals surface area contributed by atoms with E-state index in [4.69, 9.17) is 23.7 Å². The van der Waals surface area contributed by atoms with Crippen molar-refractivity contribution in [1.82, 2.24) is 0 Å². The lowest BCUT2D eigenvalue weighted by molar-refractivity contribution is -0.111. The Morgan fingerprint density at radius 2 is 1.37 bits per heavy atom. The molecular formula is C21H24O6. The summed E-state index contributed by atoms with van der Waals surface area (Å²) in [5.74, 6) is 2.57. The van der Waals surface area contributed by atoms with Gasteiger partial charge in [-0.3, -0.25) is 4.79 Å². The highest BCUT2D eigenvalue weighted by Crippen LogP contribution is 2.40. The fourth-order valence-electron chi connectivity index (χ4n) is 2.73. The molecule has 2 aromatic rings. The average Bonchev–Trinajstić information content (AvgIpc) is 2.70. The van der Waals surface area contributed by atoms with Crippen molar-refractivity contribution in [2.45, 2.75) is 6.92 Å². The SMILES string of the molecule is COc1ccc(OC)c(/C=C(/C(C)=O)c2cc(OC)c(OC)c(OC)c2)c1. The third-order valence-electron chi connectivity index (χ3n) is 4.09. The lowest BCUT2D eigenvalue weighted by Crippen LogP contribution is -2.01. The van der Waals surface area contributed by atoms with Gasteiger partial charge in [0, 0.05) is 11.1 Å². The molecule has 0 saturated carbocycles. The summed E-state index contributed by atoms with van der Waals surface area (Å²) < 4.78 is 26.8. The highest BCUT2D eigenvalue weighted by molar-refractivity contribution is 6.24. The van der Waals surface area contributed by atoms with Crippen LogP contribution >= 0.6 is 0 Å². The first-order chi connectivity index (χ1) is 13.0. The Balaban J connectivity index is 2.69. The van der Waals surface area contributed by atoms with Crippen LogP contribution in [0.4, 0.5) is 0 Å². The zero-order valence-electron chi connectivity index (χ0n) is 16.4. The molecule has 0 saturated heterocycles. The summed E-state index contributed by atoms with van der Waals surface area (Å²) >= 11 is 0. The predicted molar refractivity (Wildman–Crippen MR) is 104 cm³/mol. The predicted octanol–water partition coefficient (Wildman–Crippen LogP) is 3.86. The molecule has 6 nitrogen and oxygen atoms in total. The van der Waals surface area contributed by atoms with E-state index in [9.17, 15) is 4.79 Å². The summed E-state index contributed by atoms with van der Waals surface area (Å²) in [6, 6.07) is 8.86. The van der Waals surface area contributed by atoms with Gasteiger partial charge in [0.25, 0.3) is 0 Å². The first-order valence-corrected chi connectivity index (χ1v) is 8.24. The minimum atomic E-state index is -0.117. The van der Waals surface area contributed by atoms with E-state index in [2.05, 4.69) is 0 Å². The van der Waals surface area contributed by atoms with Crippen molar-refractivity contribution < 1.29 is 28.5 Å². The normalized spacial score (nSPS) is 11.0. The molecule has 0 unspecified atom stereocenters. The number of carbonyl (C=O) groups excluding carboxylic acids is 1. The molecule has 0 aliphatic heterocycles. The van der Waals surface area contributed by atoms with Crippen molar-refractivity contribution in [3.8, 4) is 28.7 Å². The number of allylic oxidation sites excluding steroid dienone is 1. The second-order valence-electron chi connectivity index (χ2n) is 5.64. The molecule has 2 rings (SSSR count). The zero-order valence-corrected chi connectivity index (χ0v) is 16.4.